The van der Waals surface area contributed by atoms with Gasteiger partial charge in [-0.15, -0.1) is 0 Å². The lowest BCUT2D eigenvalue weighted by atomic mass is 10.1. The van der Waals surface area contributed by atoms with E-state index in [-0.39, 0.29) is 11.9 Å². The van der Waals surface area contributed by atoms with E-state index in [9.17, 15) is 9.59 Å². The molecule has 0 N–H and O–H groups in total. The van der Waals surface area contributed by atoms with Crippen molar-refractivity contribution >= 4 is 23.4 Å². The van der Waals surface area contributed by atoms with E-state index in [2.05, 4.69) is 14.9 Å². The smallest absolute Gasteiger partial charge is 0.324 e. The lowest BCUT2D eigenvalue weighted by molar-refractivity contribution is -0.128. The SMILES string of the molecule is CC(=O)N1CCCN(c2ncnc3c2CN(c2cccc(C)c2)C(=O)N(C)C3)CC1. The summed E-state index contributed by atoms with van der Waals surface area (Å²) < 4.78 is 0. The predicted molar refractivity (Wildman–Crippen MR) is 115 cm³/mol. The van der Waals surface area contributed by atoms with Crippen LogP contribution in [0.2, 0.25) is 0 Å². The zero-order valence-electron chi connectivity index (χ0n) is 17.8. The third-order valence-corrected chi connectivity index (χ3v) is 5.83. The number of hydrogen-bond acceptors (Lipinski definition) is 5. The predicted octanol–water partition coefficient (Wildman–Crippen LogP) is 2.42. The standard InChI is InChI=1S/C22H28N6O2/c1-16-6-4-7-18(12-16)28-13-19-20(14-25(3)22(28)30)23-15-24-21(19)27-9-5-8-26(10-11-27)17(2)29/h4,6-7,12,15H,5,8-11,13-14H2,1-3H3. The highest BCUT2D eigenvalue weighted by Crippen LogP contribution is 2.30. The van der Waals surface area contributed by atoms with Crippen molar-refractivity contribution in [1.29, 1.82) is 0 Å². The van der Waals surface area contributed by atoms with Crippen LogP contribution in [0.3, 0.4) is 0 Å². The number of hydrogen-bond donors (Lipinski definition) is 0. The van der Waals surface area contributed by atoms with E-state index in [0.29, 0.717) is 19.6 Å². The van der Waals surface area contributed by atoms with Gasteiger partial charge >= 0.3 is 6.03 Å². The molecule has 0 atom stereocenters. The average Bonchev–Trinajstić information content (AvgIpc) is 3.04. The minimum Gasteiger partial charge on any atom is -0.354 e. The summed E-state index contributed by atoms with van der Waals surface area (Å²) in [6.45, 7) is 7.48. The van der Waals surface area contributed by atoms with Crippen molar-refractivity contribution in [3.8, 4) is 0 Å². The Labute approximate surface area is 177 Å². The molecule has 2 aliphatic heterocycles. The Morgan fingerprint density at radius 3 is 2.67 bits per heavy atom. The number of anilines is 2. The molecule has 2 aromatic rings. The van der Waals surface area contributed by atoms with Crippen molar-refractivity contribution in [1.82, 2.24) is 19.8 Å². The summed E-state index contributed by atoms with van der Waals surface area (Å²) in [6, 6.07) is 7.93. The molecule has 0 unspecified atom stereocenters. The summed E-state index contributed by atoms with van der Waals surface area (Å²) in [6.07, 6.45) is 2.47. The first-order valence-corrected chi connectivity index (χ1v) is 10.4. The number of benzene rings is 1. The number of aryl methyl sites for hydroxylation is 1. The number of nitrogens with zero attached hydrogens (tertiary/aromatic N) is 6. The Kier molecular flexibility index (Phi) is 5.57. The number of fused-ring (bicyclic) bond motifs is 1. The average molecular weight is 409 g/mol. The normalized spacial score (nSPS) is 17.5. The Hall–Kier alpha value is -3.16. The fourth-order valence-corrected chi connectivity index (χ4v) is 4.17. The van der Waals surface area contributed by atoms with Crippen LogP contribution in [-0.2, 0) is 17.9 Å². The lowest BCUT2D eigenvalue weighted by Crippen LogP contribution is -2.38. The van der Waals surface area contributed by atoms with Crippen molar-refractivity contribution in [2.24, 2.45) is 0 Å². The van der Waals surface area contributed by atoms with Crippen molar-refractivity contribution in [2.45, 2.75) is 33.4 Å². The lowest BCUT2D eigenvalue weighted by Gasteiger charge is -2.27. The molecule has 1 fully saturated rings. The summed E-state index contributed by atoms with van der Waals surface area (Å²) in [5.74, 6) is 0.974. The fourth-order valence-electron chi connectivity index (χ4n) is 4.17. The van der Waals surface area contributed by atoms with Crippen LogP contribution in [0.1, 0.15) is 30.2 Å². The zero-order valence-corrected chi connectivity index (χ0v) is 17.8. The van der Waals surface area contributed by atoms with Gasteiger partial charge in [-0.2, -0.15) is 0 Å². The molecule has 4 rings (SSSR count). The van der Waals surface area contributed by atoms with Gasteiger partial charge in [0.05, 0.1) is 18.8 Å². The highest BCUT2D eigenvalue weighted by Gasteiger charge is 2.30. The highest BCUT2D eigenvalue weighted by atomic mass is 16.2. The minimum absolute atomic E-state index is 0.0526. The second kappa shape index (κ2) is 8.30. The molecule has 8 nitrogen and oxygen atoms in total. The Bertz CT molecular complexity index is 962. The summed E-state index contributed by atoms with van der Waals surface area (Å²) in [5, 5.41) is 0. The summed E-state index contributed by atoms with van der Waals surface area (Å²) in [7, 11) is 1.80. The van der Waals surface area contributed by atoms with E-state index in [1.165, 1.54) is 0 Å². The van der Waals surface area contributed by atoms with Crippen LogP contribution in [0, 0.1) is 6.92 Å². The molecule has 1 aromatic carbocycles. The fraction of sp³-hybridized carbons (Fsp3) is 0.455. The Morgan fingerprint density at radius 2 is 1.90 bits per heavy atom. The second-order valence-corrected chi connectivity index (χ2v) is 8.03. The van der Waals surface area contributed by atoms with Crippen LogP contribution in [0.15, 0.2) is 30.6 Å². The molecule has 3 heterocycles. The minimum atomic E-state index is -0.0526. The molecule has 3 amide bonds. The summed E-state index contributed by atoms with van der Waals surface area (Å²) in [5.41, 5.74) is 3.83. The van der Waals surface area contributed by atoms with Crippen molar-refractivity contribution in [3.05, 3.63) is 47.4 Å². The number of amides is 3. The maximum atomic E-state index is 13.1. The van der Waals surface area contributed by atoms with Crippen LogP contribution in [0.5, 0.6) is 0 Å². The van der Waals surface area contributed by atoms with Crippen LogP contribution in [0.4, 0.5) is 16.3 Å². The van der Waals surface area contributed by atoms with E-state index in [4.69, 9.17) is 0 Å². The van der Waals surface area contributed by atoms with Crippen LogP contribution < -0.4 is 9.80 Å². The van der Waals surface area contributed by atoms with Gasteiger partial charge in [0.1, 0.15) is 12.1 Å². The van der Waals surface area contributed by atoms with Gasteiger partial charge in [0.25, 0.3) is 0 Å². The van der Waals surface area contributed by atoms with Crippen molar-refractivity contribution in [2.75, 3.05) is 43.0 Å². The monoisotopic (exact) mass is 408 g/mol. The molecule has 158 valence electrons. The third-order valence-electron chi connectivity index (χ3n) is 5.83. The highest BCUT2D eigenvalue weighted by molar-refractivity contribution is 5.92. The molecule has 0 aliphatic carbocycles. The molecule has 2 aliphatic rings. The molecule has 0 bridgehead atoms. The molecule has 1 saturated heterocycles. The summed E-state index contributed by atoms with van der Waals surface area (Å²) >= 11 is 0. The van der Waals surface area contributed by atoms with Gasteiger partial charge in [-0.05, 0) is 31.0 Å². The van der Waals surface area contributed by atoms with E-state index >= 15 is 0 Å². The van der Waals surface area contributed by atoms with Gasteiger partial charge in [0.15, 0.2) is 0 Å². The van der Waals surface area contributed by atoms with Gasteiger partial charge in [-0.1, -0.05) is 12.1 Å². The molecule has 1 aromatic heterocycles. The number of carbonyl (C=O) groups is 2. The molecule has 0 radical (unpaired) electrons. The Morgan fingerprint density at radius 1 is 1.07 bits per heavy atom. The van der Waals surface area contributed by atoms with E-state index in [0.717, 1.165) is 54.4 Å². The zero-order chi connectivity index (χ0) is 21.3. The topological polar surface area (TPSA) is 72.9 Å². The number of rotatable bonds is 2. The quantitative estimate of drug-likeness (QED) is 0.763. The molecule has 0 saturated carbocycles. The van der Waals surface area contributed by atoms with Crippen LogP contribution in [-0.4, -0.2) is 64.9 Å². The van der Waals surface area contributed by atoms with E-state index < -0.39 is 0 Å². The third kappa shape index (κ3) is 3.94. The summed E-state index contributed by atoms with van der Waals surface area (Å²) in [4.78, 5) is 41.7. The van der Waals surface area contributed by atoms with Gasteiger partial charge in [0, 0.05) is 51.4 Å². The number of carbonyl (C=O) groups excluding carboxylic acids is 2. The van der Waals surface area contributed by atoms with E-state index in [1.807, 2.05) is 36.1 Å². The molecular formula is C22H28N6O2. The van der Waals surface area contributed by atoms with Crippen LogP contribution in [0.25, 0.3) is 0 Å². The van der Waals surface area contributed by atoms with Crippen molar-refractivity contribution in [3.63, 3.8) is 0 Å². The molecule has 0 spiro atoms. The van der Waals surface area contributed by atoms with Gasteiger partial charge in [0.2, 0.25) is 5.91 Å². The number of urea groups is 1. The van der Waals surface area contributed by atoms with E-state index in [1.54, 1.807) is 30.1 Å². The second-order valence-electron chi connectivity index (χ2n) is 8.03. The first-order valence-electron chi connectivity index (χ1n) is 10.4. The number of aromatic nitrogens is 2. The first-order chi connectivity index (χ1) is 14.4. The van der Waals surface area contributed by atoms with Crippen LogP contribution >= 0.6 is 0 Å². The van der Waals surface area contributed by atoms with Gasteiger partial charge in [-0.25, -0.2) is 14.8 Å². The van der Waals surface area contributed by atoms with Gasteiger partial charge < -0.3 is 14.7 Å². The first kappa shape index (κ1) is 20.1. The maximum absolute atomic E-state index is 13.1. The van der Waals surface area contributed by atoms with Crippen molar-refractivity contribution < 1.29 is 9.59 Å². The molecular weight excluding hydrogens is 380 g/mol. The molecule has 8 heteroatoms. The maximum Gasteiger partial charge on any atom is 0.324 e. The molecule has 30 heavy (non-hydrogen) atoms. The largest absolute Gasteiger partial charge is 0.354 e. The van der Waals surface area contributed by atoms with Gasteiger partial charge in [-0.3, -0.25) is 9.69 Å². The Balaban J connectivity index is 1.70.